The van der Waals surface area contributed by atoms with Crippen molar-refractivity contribution in [2.75, 3.05) is 53.4 Å². The average molecular weight is 311 g/mol. The Morgan fingerprint density at radius 1 is 0.455 bits per heavy atom. The first-order valence-corrected chi connectivity index (χ1v) is 10.3. The average Bonchev–Trinajstić information content (AvgIpc) is 2.51. The molecule has 2 heteroatoms. The molecule has 130 valence electrons. The topological polar surface area (TPSA) is 0 Å². The maximum Gasteiger partial charge on any atom is 0.0784 e. The van der Waals surface area contributed by atoms with E-state index in [1.165, 1.54) is 125 Å². The van der Waals surface area contributed by atoms with Gasteiger partial charge < -0.3 is 8.97 Å². The molecular weight excluding hydrogens is 268 g/mol. The second kappa shape index (κ2) is 9.27. The number of rotatable bonds is 9. The Morgan fingerprint density at radius 3 is 1.14 bits per heavy atom. The molecule has 0 bridgehead atoms. The second-order valence-corrected chi connectivity index (χ2v) is 8.82. The van der Waals surface area contributed by atoms with E-state index >= 15 is 0 Å². The molecule has 2 saturated heterocycles. The highest BCUT2D eigenvalue weighted by Crippen LogP contribution is 2.19. The molecule has 2 aliphatic heterocycles. The van der Waals surface area contributed by atoms with Crippen molar-refractivity contribution in [3.8, 4) is 0 Å². The Bertz CT molecular complexity index is 258. The molecule has 0 aromatic heterocycles. The molecule has 2 fully saturated rings. The fourth-order valence-electron chi connectivity index (χ4n) is 4.69. The maximum atomic E-state index is 2.49. The number of nitrogens with zero attached hydrogens (tertiary/aromatic N) is 2. The largest absolute Gasteiger partial charge is 0.326 e. The highest BCUT2D eigenvalue weighted by molar-refractivity contribution is 4.54. The molecule has 0 N–H and O–H groups in total. The van der Waals surface area contributed by atoms with Gasteiger partial charge in [0.2, 0.25) is 0 Å². The highest BCUT2D eigenvalue weighted by atomic mass is 15.3. The Morgan fingerprint density at radius 2 is 0.773 bits per heavy atom. The van der Waals surface area contributed by atoms with Gasteiger partial charge in [0, 0.05) is 0 Å². The Kier molecular flexibility index (Phi) is 7.70. The van der Waals surface area contributed by atoms with Crippen LogP contribution in [-0.4, -0.2) is 62.3 Å². The summed E-state index contributed by atoms with van der Waals surface area (Å²) < 4.78 is 2.74. The summed E-state index contributed by atoms with van der Waals surface area (Å²) in [6.45, 7) is 8.64. The molecule has 2 aliphatic rings. The lowest BCUT2D eigenvalue weighted by atomic mass is 10.1. The maximum absolute atomic E-state index is 2.49. The summed E-state index contributed by atoms with van der Waals surface area (Å²) in [5, 5.41) is 0. The summed E-state index contributed by atoms with van der Waals surface area (Å²) in [6, 6.07) is 0. The fourth-order valence-corrected chi connectivity index (χ4v) is 4.69. The first kappa shape index (κ1) is 18.3. The normalized spacial score (nSPS) is 24.3. The van der Waals surface area contributed by atoms with Crippen molar-refractivity contribution in [2.45, 2.75) is 77.0 Å². The van der Waals surface area contributed by atoms with Gasteiger partial charge in [0.1, 0.15) is 0 Å². The zero-order valence-electron chi connectivity index (χ0n) is 15.6. The zero-order chi connectivity index (χ0) is 15.7. The SMILES string of the molecule is C[N+]1(CCCCCCCC[N+]2(C)CCCCC2)CCCCC1. The Hall–Kier alpha value is -0.0800. The van der Waals surface area contributed by atoms with Crippen LogP contribution in [0.25, 0.3) is 0 Å². The summed E-state index contributed by atoms with van der Waals surface area (Å²) in [5.41, 5.74) is 0. The molecular formula is C20H42N2+2. The predicted octanol–water partition coefficient (Wildman–Crippen LogP) is 4.59. The van der Waals surface area contributed by atoms with Crippen LogP contribution in [0, 0.1) is 0 Å². The van der Waals surface area contributed by atoms with Crippen LogP contribution in [-0.2, 0) is 0 Å². The molecule has 0 atom stereocenters. The van der Waals surface area contributed by atoms with Crippen molar-refractivity contribution in [2.24, 2.45) is 0 Å². The Labute approximate surface area is 140 Å². The lowest BCUT2D eigenvalue weighted by Gasteiger charge is -2.38. The number of hydrogen-bond donors (Lipinski definition) is 0. The highest BCUT2D eigenvalue weighted by Gasteiger charge is 2.24. The summed E-state index contributed by atoms with van der Waals surface area (Å²) in [4.78, 5) is 0. The standard InChI is InChI=1S/C20H42N2/c1-21(17-11-7-12-18-21)15-9-5-3-4-6-10-16-22(2)19-13-8-14-20-22/h3-20H2,1-2H3/q+2. The van der Waals surface area contributed by atoms with Crippen molar-refractivity contribution < 1.29 is 8.97 Å². The van der Waals surface area contributed by atoms with Gasteiger partial charge in [-0.3, -0.25) is 0 Å². The van der Waals surface area contributed by atoms with Crippen LogP contribution in [0.5, 0.6) is 0 Å². The first-order valence-electron chi connectivity index (χ1n) is 10.3. The van der Waals surface area contributed by atoms with Crippen molar-refractivity contribution in [1.82, 2.24) is 0 Å². The molecule has 2 heterocycles. The lowest BCUT2D eigenvalue weighted by molar-refractivity contribution is -0.914. The molecule has 0 aromatic carbocycles. The van der Waals surface area contributed by atoms with Crippen LogP contribution in [0.2, 0.25) is 0 Å². The predicted molar refractivity (Wildman–Crippen MR) is 97.0 cm³/mol. The van der Waals surface area contributed by atoms with Crippen LogP contribution in [0.3, 0.4) is 0 Å². The van der Waals surface area contributed by atoms with Crippen LogP contribution in [0.4, 0.5) is 0 Å². The Balaban J connectivity index is 1.42. The van der Waals surface area contributed by atoms with Gasteiger partial charge in [-0.25, -0.2) is 0 Å². The van der Waals surface area contributed by atoms with Crippen molar-refractivity contribution in [3.05, 3.63) is 0 Å². The third-order valence-electron chi connectivity index (χ3n) is 6.44. The number of quaternary nitrogens is 2. The van der Waals surface area contributed by atoms with E-state index in [2.05, 4.69) is 14.1 Å². The van der Waals surface area contributed by atoms with Crippen molar-refractivity contribution >= 4 is 0 Å². The lowest BCUT2D eigenvalue weighted by Crippen LogP contribution is -2.48. The quantitative estimate of drug-likeness (QED) is 0.432. The molecule has 0 aliphatic carbocycles. The van der Waals surface area contributed by atoms with E-state index in [9.17, 15) is 0 Å². The minimum Gasteiger partial charge on any atom is -0.326 e. The van der Waals surface area contributed by atoms with Gasteiger partial charge in [-0.1, -0.05) is 12.8 Å². The smallest absolute Gasteiger partial charge is 0.0784 e. The summed E-state index contributed by atoms with van der Waals surface area (Å²) in [6.07, 6.45) is 17.6. The van der Waals surface area contributed by atoms with Crippen LogP contribution < -0.4 is 0 Å². The third kappa shape index (κ3) is 6.58. The molecule has 0 amide bonds. The number of hydrogen-bond acceptors (Lipinski definition) is 0. The molecule has 0 aromatic rings. The summed E-state index contributed by atoms with van der Waals surface area (Å²) >= 11 is 0. The van der Waals surface area contributed by atoms with Gasteiger partial charge in [0.15, 0.2) is 0 Å². The monoisotopic (exact) mass is 310 g/mol. The molecule has 0 spiro atoms. The van der Waals surface area contributed by atoms with Crippen LogP contribution in [0.1, 0.15) is 77.0 Å². The summed E-state index contributed by atoms with van der Waals surface area (Å²) in [5.74, 6) is 0. The van der Waals surface area contributed by atoms with Gasteiger partial charge >= 0.3 is 0 Å². The molecule has 0 unspecified atom stereocenters. The van der Waals surface area contributed by atoms with E-state index in [1.54, 1.807) is 0 Å². The van der Waals surface area contributed by atoms with Gasteiger partial charge in [0.25, 0.3) is 0 Å². The van der Waals surface area contributed by atoms with Crippen LogP contribution >= 0.6 is 0 Å². The minimum absolute atomic E-state index is 1.37. The molecule has 2 rings (SSSR count). The minimum atomic E-state index is 1.37. The molecule has 0 saturated carbocycles. The fraction of sp³-hybridized carbons (Fsp3) is 1.00. The molecule has 2 nitrogen and oxygen atoms in total. The zero-order valence-corrected chi connectivity index (χ0v) is 15.6. The van der Waals surface area contributed by atoms with E-state index in [4.69, 9.17) is 0 Å². The van der Waals surface area contributed by atoms with E-state index < -0.39 is 0 Å². The van der Waals surface area contributed by atoms with Crippen LogP contribution in [0.15, 0.2) is 0 Å². The van der Waals surface area contributed by atoms with E-state index in [1.807, 2.05) is 0 Å². The summed E-state index contributed by atoms with van der Waals surface area (Å²) in [7, 11) is 4.98. The third-order valence-corrected chi connectivity index (χ3v) is 6.44. The number of likely N-dealkylation sites (tertiary alicyclic amines) is 2. The van der Waals surface area contributed by atoms with Gasteiger partial charge in [0.05, 0.1) is 53.4 Å². The number of piperidine rings is 2. The second-order valence-electron chi connectivity index (χ2n) is 8.82. The molecule has 22 heavy (non-hydrogen) atoms. The first-order chi connectivity index (χ1) is 10.6. The molecule has 0 radical (unpaired) electrons. The van der Waals surface area contributed by atoms with E-state index in [-0.39, 0.29) is 0 Å². The van der Waals surface area contributed by atoms with E-state index in [0.717, 1.165) is 0 Å². The van der Waals surface area contributed by atoms with Gasteiger partial charge in [-0.2, -0.15) is 0 Å². The van der Waals surface area contributed by atoms with Gasteiger partial charge in [-0.15, -0.1) is 0 Å². The van der Waals surface area contributed by atoms with Crippen molar-refractivity contribution in [1.29, 1.82) is 0 Å². The van der Waals surface area contributed by atoms with E-state index in [0.29, 0.717) is 0 Å². The van der Waals surface area contributed by atoms with Gasteiger partial charge in [-0.05, 0) is 64.2 Å². The van der Waals surface area contributed by atoms with Crippen molar-refractivity contribution in [3.63, 3.8) is 0 Å². The number of unbranched alkanes of at least 4 members (excludes halogenated alkanes) is 5.